The molecule has 0 saturated carbocycles. The molecule has 1 saturated heterocycles. The first-order chi connectivity index (χ1) is 21.5. The van der Waals surface area contributed by atoms with E-state index in [0.29, 0.717) is 22.9 Å². The first-order valence-electron chi connectivity index (χ1n) is 15.1. The van der Waals surface area contributed by atoms with Gasteiger partial charge < -0.3 is 9.47 Å². The Morgan fingerprint density at radius 2 is 1.93 bits per heavy atom. The fourth-order valence-corrected chi connectivity index (χ4v) is 8.30. The fraction of sp³-hybridized carbons (Fsp3) is 0.314. The van der Waals surface area contributed by atoms with Gasteiger partial charge in [0.1, 0.15) is 4.83 Å². The number of benzene rings is 2. The van der Waals surface area contributed by atoms with Gasteiger partial charge in [-0.25, -0.2) is 9.99 Å². The Morgan fingerprint density at radius 1 is 1.09 bits per heavy atom. The van der Waals surface area contributed by atoms with Crippen molar-refractivity contribution in [3.63, 3.8) is 0 Å². The monoisotopic (exact) mass is 626 g/mol. The molecule has 0 radical (unpaired) electrons. The molecule has 1 atom stereocenters. The number of nitrogens with zero attached hydrogens (tertiary/aromatic N) is 3. The Labute approximate surface area is 266 Å². The number of aromatic nitrogens is 1. The van der Waals surface area contributed by atoms with Gasteiger partial charge in [-0.3, -0.25) is 15.1 Å². The highest BCUT2D eigenvalue weighted by molar-refractivity contribution is 7.19. The van der Waals surface area contributed by atoms with Gasteiger partial charge in [0.2, 0.25) is 0 Å². The van der Waals surface area contributed by atoms with Crippen molar-refractivity contribution in [2.75, 3.05) is 33.9 Å². The van der Waals surface area contributed by atoms with Gasteiger partial charge >= 0.3 is 0 Å². The van der Waals surface area contributed by atoms with Crippen molar-refractivity contribution in [1.29, 1.82) is 0 Å². The van der Waals surface area contributed by atoms with Crippen molar-refractivity contribution >= 4 is 38.9 Å². The van der Waals surface area contributed by atoms with Crippen molar-refractivity contribution < 1.29 is 14.3 Å². The number of nitrogens with one attached hydrogen (secondary N) is 1. The Kier molecular flexibility index (Phi) is 8.27. The summed E-state index contributed by atoms with van der Waals surface area (Å²) in [4.78, 5) is 22.7. The smallest absolute Gasteiger partial charge is 0.161 e. The molecule has 0 amide bonds. The molecule has 4 aromatic rings. The fourth-order valence-electron chi connectivity index (χ4n) is 6.68. The number of hydrazine groups is 1. The van der Waals surface area contributed by atoms with Crippen LogP contribution in [0.15, 0.2) is 72.3 Å². The number of hydrogen-bond acceptors (Lipinski definition) is 8. The molecular formula is C35H35ClN4O3S. The molecule has 0 spiro atoms. The zero-order valence-electron chi connectivity index (χ0n) is 24.9. The molecule has 0 bridgehead atoms. The number of pyridine rings is 1. The third-order valence-corrected chi connectivity index (χ3v) is 10.2. The number of rotatable bonds is 8. The lowest BCUT2D eigenvalue weighted by molar-refractivity contribution is -0.114. The first-order valence-corrected chi connectivity index (χ1v) is 16.3. The van der Waals surface area contributed by atoms with Crippen LogP contribution < -0.4 is 14.9 Å². The summed E-state index contributed by atoms with van der Waals surface area (Å²) >= 11 is 9.29. The standard InChI is InChI=1S/C35H35ClN4O3S/c1-42-27-13-12-23(19-28(27)43-2)30-31-26-14-17-39(20-22-8-4-3-5-9-22)21-29(26)44-35(31)38-33(32(30)36)34(40-16-7-15-37-40)24-10-6-11-25(41)18-24/h3-6,8-13,19,34,37H,7,14-18,20-21H2,1-2H3. The maximum atomic E-state index is 12.6. The van der Waals surface area contributed by atoms with E-state index in [1.807, 2.05) is 24.3 Å². The minimum Gasteiger partial charge on any atom is -0.493 e. The number of thiophene rings is 1. The van der Waals surface area contributed by atoms with Crippen LogP contribution in [0.25, 0.3) is 21.3 Å². The maximum Gasteiger partial charge on any atom is 0.161 e. The van der Waals surface area contributed by atoms with Crippen LogP contribution >= 0.6 is 22.9 Å². The van der Waals surface area contributed by atoms with E-state index in [9.17, 15) is 4.79 Å². The number of carbonyl (C=O) groups is 1. The molecule has 1 fully saturated rings. The predicted octanol–water partition coefficient (Wildman–Crippen LogP) is 6.90. The summed E-state index contributed by atoms with van der Waals surface area (Å²) in [5.74, 6) is 1.40. The van der Waals surface area contributed by atoms with Crippen LogP contribution in [0.5, 0.6) is 11.5 Å². The summed E-state index contributed by atoms with van der Waals surface area (Å²) in [6.07, 6.45) is 7.81. The van der Waals surface area contributed by atoms with E-state index in [1.165, 1.54) is 16.0 Å². The van der Waals surface area contributed by atoms with Crippen LogP contribution in [0.4, 0.5) is 0 Å². The number of hydrogen-bond donors (Lipinski definition) is 1. The zero-order chi connectivity index (χ0) is 30.2. The lowest BCUT2D eigenvalue weighted by atomic mass is 9.90. The number of allylic oxidation sites excluding steroid dienone is 3. The number of halogens is 1. The van der Waals surface area contributed by atoms with E-state index in [-0.39, 0.29) is 11.8 Å². The van der Waals surface area contributed by atoms with E-state index in [0.717, 1.165) is 78.2 Å². The normalized spacial score (nSPS) is 18.0. The van der Waals surface area contributed by atoms with E-state index in [4.69, 9.17) is 26.1 Å². The van der Waals surface area contributed by atoms with Gasteiger partial charge in [0.05, 0.1) is 31.0 Å². The molecule has 7 nitrogen and oxygen atoms in total. The summed E-state index contributed by atoms with van der Waals surface area (Å²) in [5, 5.41) is 3.93. The number of ether oxygens (including phenoxy) is 2. The number of carbonyl (C=O) groups excluding carboxylic acids is 1. The summed E-state index contributed by atoms with van der Waals surface area (Å²) in [6, 6.07) is 16.4. The summed E-state index contributed by atoms with van der Waals surface area (Å²) in [6.45, 7) is 4.46. The highest BCUT2D eigenvalue weighted by atomic mass is 35.5. The van der Waals surface area contributed by atoms with E-state index in [2.05, 4.69) is 51.7 Å². The molecule has 2 aromatic carbocycles. The van der Waals surface area contributed by atoms with Crippen molar-refractivity contribution in [2.45, 2.75) is 38.4 Å². The molecule has 2 aliphatic heterocycles. The number of fused-ring (bicyclic) bond motifs is 3. The van der Waals surface area contributed by atoms with E-state index < -0.39 is 0 Å². The SMILES string of the molecule is COc1ccc(-c2c(Cl)c(C(C3=CC=CC(=O)C3)N3CCCN3)nc3sc4c(c23)CCN(Cc2ccccc2)C4)cc1OC. The lowest BCUT2D eigenvalue weighted by Crippen LogP contribution is -2.37. The van der Waals surface area contributed by atoms with Crippen LogP contribution in [0.2, 0.25) is 5.02 Å². The second kappa shape index (κ2) is 12.5. The lowest BCUT2D eigenvalue weighted by Gasteiger charge is -2.31. The highest BCUT2D eigenvalue weighted by Gasteiger charge is 2.34. The Bertz CT molecular complexity index is 1780. The van der Waals surface area contributed by atoms with Crippen molar-refractivity contribution in [3.05, 3.63) is 99.1 Å². The third kappa shape index (κ3) is 5.46. The molecule has 226 valence electrons. The van der Waals surface area contributed by atoms with E-state index >= 15 is 0 Å². The largest absolute Gasteiger partial charge is 0.493 e. The molecule has 3 aliphatic rings. The topological polar surface area (TPSA) is 66.9 Å². The van der Waals surface area contributed by atoms with Gasteiger partial charge in [0.25, 0.3) is 0 Å². The van der Waals surface area contributed by atoms with Crippen LogP contribution in [-0.2, 0) is 24.3 Å². The van der Waals surface area contributed by atoms with Crippen molar-refractivity contribution in [2.24, 2.45) is 0 Å². The van der Waals surface area contributed by atoms with Gasteiger partial charge in [0.15, 0.2) is 17.3 Å². The quantitative estimate of drug-likeness (QED) is 0.228. The molecule has 44 heavy (non-hydrogen) atoms. The molecule has 2 aromatic heterocycles. The maximum absolute atomic E-state index is 12.6. The molecular weight excluding hydrogens is 592 g/mol. The Hall–Kier alpha value is -3.53. The zero-order valence-corrected chi connectivity index (χ0v) is 26.5. The number of methoxy groups -OCH3 is 2. The predicted molar refractivity (Wildman–Crippen MR) is 176 cm³/mol. The molecule has 4 heterocycles. The van der Waals surface area contributed by atoms with Gasteiger partial charge in [0, 0.05) is 55.0 Å². The molecule has 1 aliphatic carbocycles. The molecule has 1 N–H and O–H groups in total. The number of ketones is 1. The minimum absolute atomic E-state index is 0.0918. The average Bonchev–Trinajstić information content (AvgIpc) is 3.70. The molecule has 7 rings (SSSR count). The van der Waals surface area contributed by atoms with Crippen LogP contribution in [-0.4, -0.2) is 54.5 Å². The van der Waals surface area contributed by atoms with Gasteiger partial charge in [-0.1, -0.05) is 60.2 Å². The van der Waals surface area contributed by atoms with E-state index in [1.54, 1.807) is 31.6 Å². The van der Waals surface area contributed by atoms with Crippen LogP contribution in [0, 0.1) is 0 Å². The summed E-state index contributed by atoms with van der Waals surface area (Å²) in [7, 11) is 3.30. The van der Waals surface area contributed by atoms with Gasteiger partial charge in [-0.2, -0.15) is 0 Å². The average molecular weight is 627 g/mol. The van der Waals surface area contributed by atoms with Crippen molar-refractivity contribution in [3.8, 4) is 22.6 Å². The molecule has 9 heteroatoms. The summed E-state index contributed by atoms with van der Waals surface area (Å²) in [5.41, 5.74) is 9.85. The third-order valence-electron chi connectivity index (χ3n) is 8.74. The van der Waals surface area contributed by atoms with Crippen LogP contribution in [0.1, 0.15) is 40.6 Å². The second-order valence-corrected chi connectivity index (χ2v) is 12.9. The minimum atomic E-state index is -0.268. The van der Waals surface area contributed by atoms with Gasteiger partial charge in [-0.05, 0) is 53.3 Å². The summed E-state index contributed by atoms with van der Waals surface area (Å²) < 4.78 is 11.3. The molecule has 1 unspecified atom stereocenters. The second-order valence-electron chi connectivity index (χ2n) is 11.5. The van der Waals surface area contributed by atoms with Crippen LogP contribution in [0.3, 0.4) is 0 Å². The Balaban J connectivity index is 1.41. The van der Waals surface area contributed by atoms with Crippen molar-refractivity contribution in [1.82, 2.24) is 20.3 Å². The Morgan fingerprint density at radius 3 is 2.68 bits per heavy atom. The highest BCUT2D eigenvalue weighted by Crippen LogP contribution is 2.48. The first kappa shape index (κ1) is 29.2. The van der Waals surface area contributed by atoms with Gasteiger partial charge in [-0.15, -0.1) is 11.3 Å².